The van der Waals surface area contributed by atoms with Gasteiger partial charge in [0, 0.05) is 10.1 Å². The van der Waals surface area contributed by atoms with E-state index < -0.39 is 0 Å². The molecule has 0 N–H and O–H groups in total. The summed E-state index contributed by atoms with van der Waals surface area (Å²) in [6.07, 6.45) is 2.90. The number of halogens is 2. The number of hydrogen-bond donors (Lipinski definition) is 0. The molecule has 0 heterocycles. The van der Waals surface area contributed by atoms with Crippen molar-refractivity contribution >= 4 is 28.2 Å². The zero-order valence-electron chi connectivity index (χ0n) is 6.85. The number of hydrogen-bond acceptors (Lipinski definition) is 0. The predicted molar refractivity (Wildman–Crippen MR) is 55.6 cm³/mol. The van der Waals surface area contributed by atoms with E-state index in [1.807, 2.05) is 37.3 Å². The van der Waals surface area contributed by atoms with Gasteiger partial charge in [-0.2, -0.15) is 0 Å². The van der Waals surface area contributed by atoms with Gasteiger partial charge in [-0.1, -0.05) is 48.3 Å². The van der Waals surface area contributed by atoms with E-state index in [9.17, 15) is 0 Å². The Morgan fingerprint density at radius 2 is 2.25 bits per heavy atom. The van der Waals surface area contributed by atoms with Gasteiger partial charge in [-0.15, -0.1) is 0 Å². The molecule has 0 nitrogen and oxygen atoms in total. The summed E-state index contributed by atoms with van der Waals surface area (Å²) in [5.74, 6) is 0. The Balaban J connectivity index is 2.95. The second-order valence-corrected chi connectivity index (χ2v) is 3.31. The molecule has 0 bridgehead atoms. The van der Waals surface area contributed by atoms with Crippen LogP contribution in [0.4, 0.5) is 0 Å². The third-order valence-electron chi connectivity index (χ3n) is 1.48. The standard InChI is InChI=1S/C10H10Cl2/c1-2-4-10(12)8-5-3-6-9(11)7-8/h3-7H,2H2,1H3/b10-4-. The summed E-state index contributed by atoms with van der Waals surface area (Å²) >= 11 is 11.8. The SMILES string of the molecule is CC/C=C(\Cl)c1cccc(Cl)c1. The van der Waals surface area contributed by atoms with Gasteiger partial charge in [-0.05, 0) is 24.1 Å². The summed E-state index contributed by atoms with van der Waals surface area (Å²) in [4.78, 5) is 0. The fraction of sp³-hybridized carbons (Fsp3) is 0.200. The Morgan fingerprint density at radius 3 is 2.83 bits per heavy atom. The first-order chi connectivity index (χ1) is 5.74. The van der Waals surface area contributed by atoms with E-state index in [1.54, 1.807) is 0 Å². The second-order valence-electron chi connectivity index (χ2n) is 2.47. The van der Waals surface area contributed by atoms with Crippen LogP contribution in [0.3, 0.4) is 0 Å². The van der Waals surface area contributed by atoms with Crippen LogP contribution in [0.2, 0.25) is 5.02 Å². The normalized spacial score (nSPS) is 11.8. The average molecular weight is 201 g/mol. The molecule has 1 aromatic carbocycles. The summed E-state index contributed by atoms with van der Waals surface area (Å²) in [6.45, 7) is 2.05. The molecule has 64 valence electrons. The molecule has 0 atom stereocenters. The van der Waals surface area contributed by atoms with Gasteiger partial charge < -0.3 is 0 Å². The first kappa shape index (κ1) is 9.63. The number of benzene rings is 1. The highest BCUT2D eigenvalue weighted by atomic mass is 35.5. The van der Waals surface area contributed by atoms with Gasteiger partial charge in [0.1, 0.15) is 0 Å². The summed E-state index contributed by atoms with van der Waals surface area (Å²) < 4.78 is 0. The maximum absolute atomic E-state index is 5.98. The maximum atomic E-state index is 5.98. The molecule has 0 spiro atoms. The summed E-state index contributed by atoms with van der Waals surface area (Å²) in [6, 6.07) is 7.53. The summed E-state index contributed by atoms with van der Waals surface area (Å²) in [5.41, 5.74) is 0.978. The lowest BCUT2D eigenvalue weighted by Gasteiger charge is -1.98. The van der Waals surface area contributed by atoms with E-state index in [0.29, 0.717) is 0 Å². The molecule has 0 saturated carbocycles. The summed E-state index contributed by atoms with van der Waals surface area (Å²) in [5, 5.41) is 1.48. The molecule has 0 aliphatic heterocycles. The van der Waals surface area contributed by atoms with Crippen LogP contribution < -0.4 is 0 Å². The van der Waals surface area contributed by atoms with Gasteiger partial charge in [0.25, 0.3) is 0 Å². The van der Waals surface area contributed by atoms with Gasteiger partial charge >= 0.3 is 0 Å². The molecule has 0 fully saturated rings. The molecule has 1 aromatic rings. The topological polar surface area (TPSA) is 0 Å². The van der Waals surface area contributed by atoms with E-state index >= 15 is 0 Å². The lowest BCUT2D eigenvalue weighted by atomic mass is 10.2. The smallest absolute Gasteiger partial charge is 0.0438 e. The molecular formula is C10H10Cl2. The van der Waals surface area contributed by atoms with Crippen LogP contribution in [0, 0.1) is 0 Å². The first-order valence-electron chi connectivity index (χ1n) is 3.85. The molecule has 2 heteroatoms. The minimum absolute atomic E-state index is 0.718. The highest BCUT2D eigenvalue weighted by molar-refractivity contribution is 6.48. The predicted octanol–water partition coefficient (Wildman–Crippen LogP) is 4.33. The molecule has 12 heavy (non-hydrogen) atoms. The summed E-state index contributed by atoms with van der Waals surface area (Å²) in [7, 11) is 0. The van der Waals surface area contributed by atoms with Crippen molar-refractivity contribution in [3.05, 3.63) is 40.9 Å². The highest BCUT2D eigenvalue weighted by Crippen LogP contribution is 2.22. The number of rotatable bonds is 2. The Hall–Kier alpha value is -0.460. The van der Waals surface area contributed by atoms with Gasteiger partial charge in [0.15, 0.2) is 0 Å². The maximum Gasteiger partial charge on any atom is 0.0438 e. The third kappa shape index (κ3) is 2.54. The van der Waals surface area contributed by atoms with E-state index in [1.165, 1.54) is 0 Å². The molecule has 0 radical (unpaired) electrons. The molecular weight excluding hydrogens is 191 g/mol. The average Bonchev–Trinajstić information content (AvgIpc) is 2.05. The van der Waals surface area contributed by atoms with Crippen molar-refractivity contribution in [1.82, 2.24) is 0 Å². The van der Waals surface area contributed by atoms with Crippen molar-refractivity contribution in [2.75, 3.05) is 0 Å². The van der Waals surface area contributed by atoms with Gasteiger partial charge in [0.05, 0.1) is 0 Å². The van der Waals surface area contributed by atoms with Gasteiger partial charge in [0.2, 0.25) is 0 Å². The Morgan fingerprint density at radius 1 is 1.50 bits per heavy atom. The monoisotopic (exact) mass is 200 g/mol. The zero-order chi connectivity index (χ0) is 8.97. The van der Waals surface area contributed by atoms with Crippen LogP contribution in [0.5, 0.6) is 0 Å². The minimum Gasteiger partial charge on any atom is -0.0843 e. The molecule has 0 saturated heterocycles. The molecule has 0 unspecified atom stereocenters. The second kappa shape index (κ2) is 4.54. The zero-order valence-corrected chi connectivity index (χ0v) is 8.36. The van der Waals surface area contributed by atoms with Crippen LogP contribution in [-0.2, 0) is 0 Å². The molecule has 0 amide bonds. The lowest BCUT2D eigenvalue weighted by Crippen LogP contribution is -1.75. The van der Waals surface area contributed by atoms with E-state index in [0.717, 1.165) is 22.0 Å². The van der Waals surface area contributed by atoms with Crippen molar-refractivity contribution in [2.45, 2.75) is 13.3 Å². The minimum atomic E-state index is 0.718. The van der Waals surface area contributed by atoms with E-state index in [-0.39, 0.29) is 0 Å². The molecule has 1 rings (SSSR count). The Labute approximate surface area is 82.8 Å². The van der Waals surface area contributed by atoms with Crippen molar-refractivity contribution in [1.29, 1.82) is 0 Å². The van der Waals surface area contributed by atoms with Crippen molar-refractivity contribution in [2.24, 2.45) is 0 Å². The molecule has 0 aliphatic carbocycles. The third-order valence-corrected chi connectivity index (χ3v) is 2.09. The highest BCUT2D eigenvalue weighted by Gasteiger charge is 1.96. The van der Waals surface area contributed by atoms with Crippen LogP contribution in [0.25, 0.3) is 5.03 Å². The molecule has 0 aromatic heterocycles. The van der Waals surface area contributed by atoms with Crippen molar-refractivity contribution in [3.63, 3.8) is 0 Å². The van der Waals surface area contributed by atoms with Crippen LogP contribution in [0.15, 0.2) is 30.3 Å². The van der Waals surface area contributed by atoms with Crippen LogP contribution in [0.1, 0.15) is 18.9 Å². The Bertz CT molecular complexity index is 290. The first-order valence-corrected chi connectivity index (χ1v) is 4.61. The largest absolute Gasteiger partial charge is 0.0843 e. The van der Waals surface area contributed by atoms with Crippen molar-refractivity contribution < 1.29 is 0 Å². The van der Waals surface area contributed by atoms with E-state index in [4.69, 9.17) is 23.2 Å². The fourth-order valence-corrected chi connectivity index (χ4v) is 1.40. The van der Waals surface area contributed by atoms with Gasteiger partial charge in [-0.3, -0.25) is 0 Å². The number of allylic oxidation sites excluding steroid dienone is 1. The quantitative estimate of drug-likeness (QED) is 0.667. The Kier molecular flexibility index (Phi) is 3.64. The van der Waals surface area contributed by atoms with Crippen molar-refractivity contribution in [3.8, 4) is 0 Å². The van der Waals surface area contributed by atoms with Crippen LogP contribution in [-0.4, -0.2) is 0 Å². The van der Waals surface area contributed by atoms with Crippen LogP contribution >= 0.6 is 23.2 Å². The lowest BCUT2D eigenvalue weighted by molar-refractivity contribution is 1.23. The molecule has 0 aliphatic rings. The van der Waals surface area contributed by atoms with E-state index in [2.05, 4.69) is 0 Å². The van der Waals surface area contributed by atoms with Gasteiger partial charge in [-0.25, -0.2) is 0 Å². The fourth-order valence-electron chi connectivity index (χ4n) is 0.934.